The number of sulfonamides is 1. The molecule has 0 N–H and O–H groups in total. The van der Waals surface area contributed by atoms with E-state index in [4.69, 9.17) is 9.72 Å². The number of likely N-dealkylation sites (N-methyl/N-ethyl adjacent to an activating group) is 1. The Kier molecular flexibility index (Phi) is 9.34. The Morgan fingerprint density at radius 1 is 0.949 bits per heavy atom. The molecular weight excluding hydrogens is 532 g/mol. The van der Waals surface area contributed by atoms with Gasteiger partial charge < -0.3 is 9.64 Å². The summed E-state index contributed by atoms with van der Waals surface area (Å²) in [6.45, 7) is 7.33. The monoisotopic (exact) mass is 566 g/mol. The molecule has 0 atom stereocenters. The van der Waals surface area contributed by atoms with Crippen LogP contribution in [0.3, 0.4) is 0 Å². The maximum absolute atomic E-state index is 13.8. The lowest BCUT2D eigenvalue weighted by Crippen LogP contribution is -2.38. The van der Waals surface area contributed by atoms with E-state index in [9.17, 15) is 13.2 Å². The number of ether oxygens (including phenoxy) is 1. The molecule has 39 heavy (non-hydrogen) atoms. The summed E-state index contributed by atoms with van der Waals surface area (Å²) in [7, 11) is -0.562. The van der Waals surface area contributed by atoms with Crippen molar-refractivity contribution in [1.82, 2.24) is 14.2 Å². The first kappa shape index (κ1) is 28.7. The van der Waals surface area contributed by atoms with E-state index in [0.29, 0.717) is 29.5 Å². The van der Waals surface area contributed by atoms with Crippen LogP contribution in [0, 0.1) is 0 Å². The number of carbonyl (C=O) groups excluding carboxylic acids is 1. The van der Waals surface area contributed by atoms with Gasteiger partial charge in [0.05, 0.1) is 22.2 Å². The topological polar surface area (TPSA) is 83.1 Å². The molecular formula is C29H34N4O4S2. The summed E-state index contributed by atoms with van der Waals surface area (Å²) >= 11 is 1.44. The van der Waals surface area contributed by atoms with Crippen LogP contribution in [0.2, 0.25) is 0 Å². The lowest BCUT2D eigenvalue weighted by atomic mass is 10.2. The van der Waals surface area contributed by atoms with Gasteiger partial charge in [0, 0.05) is 38.3 Å². The molecule has 4 rings (SSSR count). The highest BCUT2D eigenvalue weighted by molar-refractivity contribution is 7.89. The van der Waals surface area contributed by atoms with Gasteiger partial charge in [-0.2, -0.15) is 4.31 Å². The van der Waals surface area contributed by atoms with Crippen molar-refractivity contribution in [3.05, 3.63) is 83.9 Å². The van der Waals surface area contributed by atoms with Crippen LogP contribution in [0.1, 0.15) is 29.8 Å². The van der Waals surface area contributed by atoms with E-state index in [0.717, 1.165) is 28.9 Å². The van der Waals surface area contributed by atoms with E-state index in [1.54, 1.807) is 31.2 Å². The first-order valence-corrected chi connectivity index (χ1v) is 15.1. The first-order chi connectivity index (χ1) is 18.8. The zero-order valence-electron chi connectivity index (χ0n) is 22.7. The number of aromatic nitrogens is 1. The van der Waals surface area contributed by atoms with Gasteiger partial charge in [-0.3, -0.25) is 9.69 Å². The van der Waals surface area contributed by atoms with E-state index in [-0.39, 0.29) is 17.3 Å². The van der Waals surface area contributed by atoms with Crippen LogP contribution in [-0.4, -0.2) is 68.9 Å². The van der Waals surface area contributed by atoms with Gasteiger partial charge in [-0.25, -0.2) is 13.4 Å². The fraction of sp³-hybridized carbons (Fsp3) is 0.310. The van der Waals surface area contributed by atoms with Gasteiger partial charge in [-0.05, 0) is 55.1 Å². The number of hydrogen-bond donors (Lipinski definition) is 0. The highest BCUT2D eigenvalue weighted by Crippen LogP contribution is 2.32. The summed E-state index contributed by atoms with van der Waals surface area (Å²) in [5.41, 5.74) is 2.06. The molecule has 1 aromatic heterocycles. The third-order valence-electron chi connectivity index (χ3n) is 6.65. The van der Waals surface area contributed by atoms with Crippen molar-refractivity contribution in [3.8, 4) is 5.75 Å². The van der Waals surface area contributed by atoms with Gasteiger partial charge in [-0.1, -0.05) is 55.5 Å². The number of rotatable bonds is 12. The Morgan fingerprint density at radius 2 is 1.64 bits per heavy atom. The van der Waals surface area contributed by atoms with Crippen LogP contribution in [0.25, 0.3) is 10.2 Å². The molecule has 0 spiro atoms. The summed E-state index contributed by atoms with van der Waals surface area (Å²) in [6.07, 6.45) is 0. The normalized spacial score (nSPS) is 11.8. The molecule has 8 nitrogen and oxygen atoms in total. The number of fused-ring (bicyclic) bond motifs is 1. The quantitative estimate of drug-likeness (QED) is 0.237. The largest absolute Gasteiger partial charge is 0.497 e. The molecule has 0 saturated heterocycles. The van der Waals surface area contributed by atoms with E-state index >= 15 is 0 Å². The smallest absolute Gasteiger partial charge is 0.260 e. The second kappa shape index (κ2) is 12.7. The molecule has 0 bridgehead atoms. The Balaban J connectivity index is 1.59. The SMILES string of the molecule is CCN(CC)CCN(C(=O)c1ccc(S(=O)(=O)N(C)Cc2ccccc2)cc1)c1nc2cc(OC)ccc2s1. The number of nitrogens with zero attached hydrogens (tertiary/aromatic N) is 4. The molecule has 10 heteroatoms. The van der Waals surface area contributed by atoms with Crippen molar-refractivity contribution >= 4 is 42.6 Å². The van der Waals surface area contributed by atoms with E-state index in [2.05, 4.69) is 18.7 Å². The predicted octanol–water partition coefficient (Wildman–Crippen LogP) is 5.11. The average Bonchev–Trinajstić information content (AvgIpc) is 3.38. The van der Waals surface area contributed by atoms with Gasteiger partial charge in [-0.15, -0.1) is 0 Å². The van der Waals surface area contributed by atoms with Crippen LogP contribution in [-0.2, 0) is 16.6 Å². The van der Waals surface area contributed by atoms with Crippen molar-refractivity contribution in [2.75, 3.05) is 45.2 Å². The van der Waals surface area contributed by atoms with E-state index in [1.165, 1.54) is 27.8 Å². The Morgan fingerprint density at radius 3 is 2.28 bits per heavy atom. The van der Waals surface area contributed by atoms with Crippen LogP contribution in [0.5, 0.6) is 5.75 Å². The van der Waals surface area contributed by atoms with Gasteiger partial charge in [0.1, 0.15) is 5.75 Å². The fourth-order valence-electron chi connectivity index (χ4n) is 4.23. The predicted molar refractivity (Wildman–Crippen MR) is 157 cm³/mol. The molecule has 0 fully saturated rings. The number of hydrogen-bond acceptors (Lipinski definition) is 7. The molecule has 1 heterocycles. The molecule has 1 amide bonds. The minimum atomic E-state index is -3.72. The first-order valence-electron chi connectivity index (χ1n) is 12.9. The Labute approximate surface area is 234 Å². The third kappa shape index (κ3) is 6.65. The molecule has 0 aliphatic heterocycles. The minimum Gasteiger partial charge on any atom is -0.497 e. The molecule has 3 aromatic carbocycles. The number of carbonyl (C=O) groups is 1. The zero-order chi connectivity index (χ0) is 28.0. The van der Waals surface area contributed by atoms with Crippen molar-refractivity contribution in [2.45, 2.75) is 25.3 Å². The van der Waals surface area contributed by atoms with E-state index in [1.807, 2.05) is 48.5 Å². The van der Waals surface area contributed by atoms with Crippen molar-refractivity contribution in [3.63, 3.8) is 0 Å². The van der Waals surface area contributed by atoms with Gasteiger partial charge in [0.2, 0.25) is 10.0 Å². The molecule has 0 unspecified atom stereocenters. The highest BCUT2D eigenvalue weighted by atomic mass is 32.2. The molecule has 4 aromatic rings. The summed E-state index contributed by atoms with van der Waals surface area (Å²) < 4.78 is 33.9. The molecule has 0 radical (unpaired) electrons. The van der Waals surface area contributed by atoms with Crippen LogP contribution < -0.4 is 9.64 Å². The number of amides is 1. The number of methoxy groups -OCH3 is 1. The number of thiazole rings is 1. The second-order valence-corrected chi connectivity index (χ2v) is 12.1. The Hall–Kier alpha value is -3.31. The van der Waals surface area contributed by atoms with Crippen molar-refractivity contribution in [2.24, 2.45) is 0 Å². The summed E-state index contributed by atoms with van der Waals surface area (Å²) in [4.78, 5) is 22.6. The lowest BCUT2D eigenvalue weighted by molar-refractivity contribution is 0.0983. The summed E-state index contributed by atoms with van der Waals surface area (Å²) in [6, 6.07) is 21.2. The summed E-state index contributed by atoms with van der Waals surface area (Å²) in [5, 5.41) is 0.592. The van der Waals surface area contributed by atoms with Gasteiger partial charge in [0.15, 0.2) is 5.13 Å². The number of benzene rings is 3. The summed E-state index contributed by atoms with van der Waals surface area (Å²) in [5.74, 6) is 0.476. The average molecular weight is 567 g/mol. The highest BCUT2D eigenvalue weighted by Gasteiger charge is 2.25. The van der Waals surface area contributed by atoms with Crippen LogP contribution in [0.15, 0.2) is 77.7 Å². The van der Waals surface area contributed by atoms with Gasteiger partial charge >= 0.3 is 0 Å². The molecule has 0 aliphatic rings. The minimum absolute atomic E-state index is 0.138. The fourth-order valence-corrected chi connectivity index (χ4v) is 6.36. The van der Waals surface area contributed by atoms with Crippen molar-refractivity contribution in [1.29, 1.82) is 0 Å². The Bertz CT molecular complexity index is 1500. The lowest BCUT2D eigenvalue weighted by Gasteiger charge is -2.25. The molecule has 0 aliphatic carbocycles. The third-order valence-corrected chi connectivity index (χ3v) is 9.53. The molecule has 206 valence electrons. The standard InChI is InChI=1S/C29H34N4O4S2/c1-5-32(6-2)18-19-33(29-30-26-20-24(37-4)14-17-27(26)38-29)28(34)23-12-15-25(16-13-23)39(35,36)31(3)21-22-10-8-7-9-11-22/h7-17,20H,5-6,18-19,21H2,1-4H3. The van der Waals surface area contributed by atoms with Gasteiger partial charge in [0.25, 0.3) is 5.91 Å². The second-order valence-electron chi connectivity index (χ2n) is 9.08. The maximum Gasteiger partial charge on any atom is 0.260 e. The van der Waals surface area contributed by atoms with Crippen LogP contribution in [0.4, 0.5) is 5.13 Å². The zero-order valence-corrected chi connectivity index (χ0v) is 24.3. The van der Waals surface area contributed by atoms with Crippen molar-refractivity contribution < 1.29 is 17.9 Å². The van der Waals surface area contributed by atoms with E-state index < -0.39 is 10.0 Å². The number of anilines is 1. The van der Waals surface area contributed by atoms with Crippen LogP contribution >= 0.6 is 11.3 Å². The molecule has 0 saturated carbocycles. The maximum atomic E-state index is 13.8.